The van der Waals surface area contributed by atoms with E-state index in [4.69, 9.17) is 19.4 Å². The van der Waals surface area contributed by atoms with Crippen LogP contribution in [-0.2, 0) is 0 Å². The maximum Gasteiger partial charge on any atom is 0.165 e. The molecule has 0 unspecified atom stereocenters. The predicted molar refractivity (Wildman–Crippen MR) is 241 cm³/mol. The second kappa shape index (κ2) is 11.8. The summed E-state index contributed by atoms with van der Waals surface area (Å²) < 4.78 is 11.4. The largest absolute Gasteiger partial charge is 0.456 e. The minimum absolute atomic E-state index is 0.604. The molecule has 13 aromatic rings. The lowest BCUT2D eigenvalue weighted by atomic mass is 9.92. The monoisotopic (exact) mass is 761 g/mol. The van der Waals surface area contributed by atoms with Crippen molar-refractivity contribution in [3.63, 3.8) is 0 Å². The summed E-state index contributed by atoms with van der Waals surface area (Å²) in [6, 6.07) is 58.3. The second-order valence-electron chi connectivity index (χ2n) is 14.7. The Hall–Kier alpha value is -6.99. The van der Waals surface area contributed by atoms with Crippen molar-refractivity contribution in [3.8, 4) is 45.3 Å². The van der Waals surface area contributed by atoms with Gasteiger partial charge in [0.1, 0.15) is 11.2 Å². The van der Waals surface area contributed by atoms with Gasteiger partial charge in [0, 0.05) is 67.8 Å². The molecule has 13 rings (SSSR count). The molecule has 0 N–H and O–H groups in total. The number of furan rings is 1. The van der Waals surface area contributed by atoms with Gasteiger partial charge in [0.05, 0.1) is 0 Å². The van der Waals surface area contributed by atoms with Gasteiger partial charge < -0.3 is 4.42 Å². The molecule has 264 valence electrons. The normalized spacial score (nSPS) is 12.2. The Morgan fingerprint density at radius 3 is 1.77 bits per heavy atom. The number of fused-ring (bicyclic) bond motifs is 9. The molecule has 0 atom stereocenters. The van der Waals surface area contributed by atoms with Gasteiger partial charge in [-0.3, -0.25) is 0 Å². The van der Waals surface area contributed by atoms with Crippen LogP contribution in [0.15, 0.2) is 168 Å². The third-order valence-corrected chi connectivity index (χ3v) is 13.9. The van der Waals surface area contributed by atoms with E-state index in [1.54, 1.807) is 11.3 Å². The molecule has 0 spiro atoms. The molecule has 6 heteroatoms. The zero-order chi connectivity index (χ0) is 37.2. The Balaban J connectivity index is 0.984. The highest BCUT2D eigenvalue weighted by atomic mass is 32.1. The topological polar surface area (TPSA) is 51.8 Å². The number of para-hydroxylation sites is 1. The predicted octanol–water partition coefficient (Wildman–Crippen LogP) is 14.9. The molecule has 0 fully saturated rings. The fraction of sp³-hybridized carbons (Fsp3) is 0. The Labute approximate surface area is 333 Å². The quantitative estimate of drug-likeness (QED) is 0.168. The van der Waals surface area contributed by atoms with Crippen LogP contribution in [0.5, 0.6) is 0 Å². The minimum atomic E-state index is 0.604. The van der Waals surface area contributed by atoms with Gasteiger partial charge in [-0.25, -0.2) is 15.0 Å². The van der Waals surface area contributed by atoms with E-state index in [0.717, 1.165) is 44.2 Å². The van der Waals surface area contributed by atoms with Crippen molar-refractivity contribution in [2.75, 3.05) is 0 Å². The number of benzene rings is 9. The first kappa shape index (κ1) is 31.2. The third kappa shape index (κ3) is 4.57. The molecule has 0 aliphatic rings. The summed E-state index contributed by atoms with van der Waals surface area (Å²) in [7, 11) is 0. The number of rotatable bonds is 4. The fourth-order valence-corrected chi connectivity index (χ4v) is 11.4. The summed E-state index contributed by atoms with van der Waals surface area (Å²) in [5, 5.41) is 12.6. The van der Waals surface area contributed by atoms with Gasteiger partial charge in [0.15, 0.2) is 17.5 Å². The van der Waals surface area contributed by atoms with Crippen molar-refractivity contribution in [2.24, 2.45) is 0 Å². The summed E-state index contributed by atoms with van der Waals surface area (Å²) in [5.74, 6) is 1.88. The van der Waals surface area contributed by atoms with Gasteiger partial charge in [-0.05, 0) is 69.1 Å². The Bertz CT molecular complexity index is 3760. The first-order valence-corrected chi connectivity index (χ1v) is 20.6. The lowest BCUT2D eigenvalue weighted by molar-refractivity contribution is 0.669. The van der Waals surface area contributed by atoms with E-state index in [-0.39, 0.29) is 0 Å². The zero-order valence-corrected chi connectivity index (χ0v) is 31.8. The molecule has 9 aromatic carbocycles. The van der Waals surface area contributed by atoms with Crippen LogP contribution in [0.1, 0.15) is 0 Å². The number of aromatic nitrogens is 3. The lowest BCUT2D eigenvalue weighted by Gasteiger charge is -2.12. The van der Waals surface area contributed by atoms with E-state index >= 15 is 0 Å². The number of hydrogen-bond donors (Lipinski definition) is 0. The lowest BCUT2D eigenvalue weighted by Crippen LogP contribution is -2.00. The van der Waals surface area contributed by atoms with Crippen molar-refractivity contribution in [2.45, 2.75) is 0 Å². The van der Waals surface area contributed by atoms with E-state index in [1.807, 2.05) is 29.5 Å². The van der Waals surface area contributed by atoms with E-state index in [9.17, 15) is 0 Å². The average molecular weight is 762 g/mol. The highest BCUT2D eigenvalue weighted by Crippen LogP contribution is 2.48. The van der Waals surface area contributed by atoms with Gasteiger partial charge >= 0.3 is 0 Å². The van der Waals surface area contributed by atoms with Crippen molar-refractivity contribution < 1.29 is 4.42 Å². The standard InChI is InChI=1S/C51H27N3OS2/c1-2-10-33-32(9-1)37-13-8-18-44-45(37)46-38(33)26-25-31(48(46)57-44)28-19-21-29(22-20-28)49-52-50(30-23-24-35-34-11-3-5-16-41(34)55-42(35)27-30)54-51(53-49)40-15-7-14-39-36-12-4-6-17-43(36)56-47(39)40/h1-27H. The smallest absolute Gasteiger partial charge is 0.165 e. The van der Waals surface area contributed by atoms with Crippen molar-refractivity contribution in [1.29, 1.82) is 0 Å². The molecule has 0 amide bonds. The third-order valence-electron chi connectivity index (χ3n) is 11.5. The van der Waals surface area contributed by atoms with Crippen LogP contribution >= 0.6 is 22.7 Å². The molecule has 4 aromatic heterocycles. The average Bonchev–Trinajstić information content (AvgIpc) is 3.97. The first-order chi connectivity index (χ1) is 28.2. The van der Waals surface area contributed by atoms with Gasteiger partial charge in [-0.2, -0.15) is 0 Å². The van der Waals surface area contributed by atoms with E-state index in [1.165, 1.54) is 67.5 Å². The molecule has 0 saturated heterocycles. The second-order valence-corrected chi connectivity index (χ2v) is 16.8. The SMILES string of the molecule is c1ccc2c(c1)oc1cc(-c3nc(-c4ccc(-c5ccc6c7ccccc7c7cccc8sc5c6c87)cc4)nc(-c4cccc5c4sc4ccccc45)n3)ccc12. The maximum absolute atomic E-state index is 6.31. The van der Waals surface area contributed by atoms with Gasteiger partial charge in [0.25, 0.3) is 0 Å². The molecule has 57 heavy (non-hydrogen) atoms. The van der Waals surface area contributed by atoms with Crippen LogP contribution in [0.4, 0.5) is 0 Å². The molecule has 0 radical (unpaired) electrons. The fourth-order valence-electron chi connectivity index (χ4n) is 8.89. The number of nitrogens with zero attached hydrogens (tertiary/aromatic N) is 3. The van der Waals surface area contributed by atoms with E-state index < -0.39 is 0 Å². The van der Waals surface area contributed by atoms with Crippen molar-refractivity contribution in [1.82, 2.24) is 15.0 Å². The molecule has 4 heterocycles. The highest BCUT2D eigenvalue weighted by molar-refractivity contribution is 7.27. The van der Waals surface area contributed by atoms with Crippen LogP contribution < -0.4 is 0 Å². The van der Waals surface area contributed by atoms with Crippen LogP contribution in [0, 0.1) is 0 Å². The minimum Gasteiger partial charge on any atom is -0.456 e. The van der Waals surface area contributed by atoms with Crippen LogP contribution in [0.3, 0.4) is 0 Å². The molecule has 4 nitrogen and oxygen atoms in total. The summed E-state index contributed by atoms with van der Waals surface area (Å²) in [6.45, 7) is 0. The first-order valence-electron chi connectivity index (χ1n) is 19.0. The Morgan fingerprint density at radius 1 is 0.333 bits per heavy atom. The molecule has 0 saturated carbocycles. The van der Waals surface area contributed by atoms with Crippen LogP contribution in [-0.4, -0.2) is 15.0 Å². The summed E-state index contributed by atoms with van der Waals surface area (Å²) in [4.78, 5) is 15.5. The summed E-state index contributed by atoms with van der Waals surface area (Å²) in [6.07, 6.45) is 0. The Morgan fingerprint density at radius 2 is 0.912 bits per heavy atom. The zero-order valence-electron chi connectivity index (χ0n) is 30.2. The van der Waals surface area contributed by atoms with Crippen molar-refractivity contribution in [3.05, 3.63) is 164 Å². The molecular formula is C51H27N3OS2. The van der Waals surface area contributed by atoms with Crippen molar-refractivity contribution >= 4 is 107 Å². The highest BCUT2D eigenvalue weighted by Gasteiger charge is 2.20. The molecule has 0 bridgehead atoms. The molecular weight excluding hydrogens is 735 g/mol. The molecule has 0 aliphatic carbocycles. The van der Waals surface area contributed by atoms with E-state index in [0.29, 0.717) is 17.5 Å². The van der Waals surface area contributed by atoms with Gasteiger partial charge in [-0.15, -0.1) is 22.7 Å². The summed E-state index contributed by atoms with van der Waals surface area (Å²) >= 11 is 3.67. The number of thiophene rings is 2. The maximum atomic E-state index is 6.31. The summed E-state index contributed by atoms with van der Waals surface area (Å²) in [5.41, 5.74) is 6.87. The molecule has 0 aliphatic heterocycles. The number of hydrogen-bond acceptors (Lipinski definition) is 6. The van der Waals surface area contributed by atoms with Crippen LogP contribution in [0.2, 0.25) is 0 Å². The van der Waals surface area contributed by atoms with Gasteiger partial charge in [-0.1, -0.05) is 127 Å². The van der Waals surface area contributed by atoms with Gasteiger partial charge in [0.2, 0.25) is 0 Å². The Kier molecular flexibility index (Phi) is 6.45. The van der Waals surface area contributed by atoms with Crippen LogP contribution in [0.25, 0.3) is 129 Å². The van der Waals surface area contributed by atoms with E-state index in [2.05, 4.69) is 146 Å².